The second-order valence-corrected chi connectivity index (χ2v) is 1.31. The monoisotopic (exact) mass is 103 g/mol. The predicted molar refractivity (Wildman–Crippen MR) is 25.7 cm³/mol. The number of nitrogens with two attached hydrogens (primary N) is 1. The number of aldehydes is 1. The maximum atomic E-state index is 9.73. The van der Waals surface area contributed by atoms with Gasteiger partial charge in [0.1, 0.15) is 6.29 Å². The van der Waals surface area contributed by atoms with E-state index in [1.54, 1.807) is 0 Å². The summed E-state index contributed by atoms with van der Waals surface area (Å²) >= 11 is 0. The molecule has 0 aliphatic rings. The molecule has 3 N–H and O–H groups in total. The van der Waals surface area contributed by atoms with E-state index in [1.165, 1.54) is 0 Å². The Morgan fingerprint density at radius 1 is 1.86 bits per heavy atom. The molecule has 0 aromatic heterocycles. The molecule has 0 bridgehead atoms. The lowest BCUT2D eigenvalue weighted by Crippen LogP contribution is -2.18. The molecule has 0 spiro atoms. The van der Waals surface area contributed by atoms with Crippen LogP contribution < -0.4 is 5.73 Å². The molecule has 0 amide bonds. The van der Waals surface area contributed by atoms with Crippen molar-refractivity contribution in [3.63, 3.8) is 0 Å². The van der Waals surface area contributed by atoms with Crippen molar-refractivity contribution in [1.29, 1.82) is 0 Å². The number of hydrogen-bond donors (Lipinski definition) is 2. The highest BCUT2D eigenvalue weighted by atomic mass is 16.3. The van der Waals surface area contributed by atoms with E-state index in [-0.39, 0.29) is 19.1 Å². The fraction of sp³-hybridized carbons (Fsp3) is 0.750. The quantitative estimate of drug-likeness (QED) is 0.439. The van der Waals surface area contributed by atoms with Gasteiger partial charge in [-0.2, -0.15) is 0 Å². The topological polar surface area (TPSA) is 63.3 Å². The molecule has 3 nitrogen and oxygen atoms in total. The largest absolute Gasteiger partial charge is 0.396 e. The summed E-state index contributed by atoms with van der Waals surface area (Å²) in [4.78, 5) is 9.73. The van der Waals surface area contributed by atoms with Gasteiger partial charge in [0, 0.05) is 12.5 Å². The van der Waals surface area contributed by atoms with Crippen LogP contribution in [0.5, 0.6) is 0 Å². The molecule has 0 saturated carbocycles. The average molecular weight is 103 g/mol. The minimum Gasteiger partial charge on any atom is -0.396 e. The van der Waals surface area contributed by atoms with Crippen molar-refractivity contribution in [2.24, 2.45) is 11.7 Å². The van der Waals surface area contributed by atoms with E-state index in [2.05, 4.69) is 0 Å². The lowest BCUT2D eigenvalue weighted by atomic mass is 10.2. The SMILES string of the molecule is NCC(C=O)CO. The van der Waals surface area contributed by atoms with E-state index in [1.807, 2.05) is 0 Å². The summed E-state index contributed by atoms with van der Waals surface area (Å²) in [6.45, 7) is 0.0972. The number of carbonyl (C=O) groups is 1. The van der Waals surface area contributed by atoms with Gasteiger partial charge in [-0.1, -0.05) is 0 Å². The van der Waals surface area contributed by atoms with Gasteiger partial charge in [-0.3, -0.25) is 0 Å². The van der Waals surface area contributed by atoms with Crippen LogP contribution in [0.15, 0.2) is 0 Å². The zero-order chi connectivity index (χ0) is 5.70. The molecular formula is C4H9NO2. The van der Waals surface area contributed by atoms with Crippen LogP contribution >= 0.6 is 0 Å². The summed E-state index contributed by atoms with van der Waals surface area (Å²) in [6.07, 6.45) is 0.653. The first-order valence-corrected chi connectivity index (χ1v) is 2.11. The lowest BCUT2D eigenvalue weighted by Gasteiger charge is -1.97. The molecule has 0 aliphatic carbocycles. The Morgan fingerprint density at radius 2 is 2.43 bits per heavy atom. The summed E-state index contributed by atoms with van der Waals surface area (Å²) in [5.74, 6) is -0.361. The number of aliphatic hydroxyl groups excluding tert-OH is 1. The van der Waals surface area contributed by atoms with Crippen LogP contribution in [0.1, 0.15) is 0 Å². The minimum atomic E-state index is -0.361. The number of aliphatic hydroxyl groups is 1. The van der Waals surface area contributed by atoms with Gasteiger partial charge in [0.05, 0.1) is 6.61 Å². The first kappa shape index (κ1) is 6.59. The Bertz CT molecular complexity index is 51.7. The van der Waals surface area contributed by atoms with Crippen molar-refractivity contribution in [1.82, 2.24) is 0 Å². The van der Waals surface area contributed by atoms with Crippen molar-refractivity contribution in [2.45, 2.75) is 0 Å². The Kier molecular flexibility index (Phi) is 3.55. The predicted octanol–water partition coefficient (Wildman–Crippen LogP) is -1.25. The maximum Gasteiger partial charge on any atom is 0.126 e. The van der Waals surface area contributed by atoms with Crippen LogP contribution in [-0.4, -0.2) is 24.5 Å². The third-order valence-electron chi connectivity index (χ3n) is 0.730. The fourth-order valence-corrected chi connectivity index (χ4v) is 0.173. The molecule has 0 radical (unpaired) electrons. The molecule has 42 valence electrons. The van der Waals surface area contributed by atoms with Crippen LogP contribution in [0.3, 0.4) is 0 Å². The Balaban J connectivity index is 3.16. The van der Waals surface area contributed by atoms with Crippen LogP contribution in [0, 0.1) is 5.92 Å². The van der Waals surface area contributed by atoms with E-state index in [4.69, 9.17) is 10.8 Å². The standard InChI is InChI=1S/C4H9NO2/c5-1-4(2-6)3-7/h2,4,7H,1,3,5H2. The molecule has 0 heterocycles. The van der Waals surface area contributed by atoms with Crippen molar-refractivity contribution >= 4 is 6.29 Å². The number of hydrogen-bond acceptors (Lipinski definition) is 3. The molecule has 0 aliphatic heterocycles. The van der Waals surface area contributed by atoms with Gasteiger partial charge in [0.2, 0.25) is 0 Å². The van der Waals surface area contributed by atoms with Crippen LogP contribution in [0.25, 0.3) is 0 Å². The Morgan fingerprint density at radius 3 is 2.43 bits per heavy atom. The molecule has 7 heavy (non-hydrogen) atoms. The van der Waals surface area contributed by atoms with E-state index >= 15 is 0 Å². The van der Waals surface area contributed by atoms with Crippen LogP contribution in [0.2, 0.25) is 0 Å². The summed E-state index contributed by atoms with van der Waals surface area (Å²) in [7, 11) is 0. The molecule has 0 rings (SSSR count). The smallest absolute Gasteiger partial charge is 0.126 e. The maximum absolute atomic E-state index is 9.73. The number of rotatable bonds is 3. The molecule has 1 unspecified atom stereocenters. The third-order valence-corrected chi connectivity index (χ3v) is 0.730. The summed E-state index contributed by atoms with van der Waals surface area (Å²) in [5.41, 5.74) is 5.00. The molecule has 0 aromatic rings. The molecule has 0 saturated heterocycles. The molecular weight excluding hydrogens is 94.0 g/mol. The molecule has 3 heteroatoms. The normalized spacial score (nSPS) is 13.4. The molecule has 0 aromatic carbocycles. The molecule has 0 fully saturated rings. The van der Waals surface area contributed by atoms with Gasteiger partial charge in [-0.25, -0.2) is 0 Å². The average Bonchev–Trinajstić information content (AvgIpc) is 1.72. The highest BCUT2D eigenvalue weighted by Gasteiger charge is 1.98. The van der Waals surface area contributed by atoms with Gasteiger partial charge in [-0.15, -0.1) is 0 Å². The van der Waals surface area contributed by atoms with E-state index < -0.39 is 0 Å². The van der Waals surface area contributed by atoms with Crippen molar-refractivity contribution in [2.75, 3.05) is 13.2 Å². The highest BCUT2D eigenvalue weighted by molar-refractivity contribution is 5.53. The zero-order valence-electron chi connectivity index (χ0n) is 4.00. The van der Waals surface area contributed by atoms with E-state index in [0.717, 1.165) is 0 Å². The molecule has 1 atom stereocenters. The Hall–Kier alpha value is -0.410. The first-order valence-electron chi connectivity index (χ1n) is 2.11. The van der Waals surface area contributed by atoms with E-state index in [0.29, 0.717) is 6.29 Å². The first-order chi connectivity index (χ1) is 3.35. The zero-order valence-corrected chi connectivity index (χ0v) is 4.00. The van der Waals surface area contributed by atoms with Crippen molar-refractivity contribution < 1.29 is 9.90 Å². The summed E-state index contributed by atoms with van der Waals surface area (Å²) in [5, 5.41) is 8.21. The van der Waals surface area contributed by atoms with Gasteiger partial charge < -0.3 is 15.6 Å². The van der Waals surface area contributed by atoms with Crippen LogP contribution in [-0.2, 0) is 4.79 Å². The summed E-state index contributed by atoms with van der Waals surface area (Å²) < 4.78 is 0. The summed E-state index contributed by atoms with van der Waals surface area (Å²) in [6, 6.07) is 0. The third kappa shape index (κ3) is 2.31. The second kappa shape index (κ2) is 3.77. The lowest BCUT2D eigenvalue weighted by molar-refractivity contribution is -0.111. The number of carbonyl (C=O) groups excluding carboxylic acids is 1. The van der Waals surface area contributed by atoms with Crippen molar-refractivity contribution in [3.05, 3.63) is 0 Å². The van der Waals surface area contributed by atoms with Gasteiger partial charge in [0.15, 0.2) is 0 Å². The van der Waals surface area contributed by atoms with Crippen molar-refractivity contribution in [3.8, 4) is 0 Å². The fourth-order valence-electron chi connectivity index (χ4n) is 0.173. The highest BCUT2D eigenvalue weighted by Crippen LogP contribution is 1.81. The van der Waals surface area contributed by atoms with Gasteiger partial charge in [0.25, 0.3) is 0 Å². The van der Waals surface area contributed by atoms with Gasteiger partial charge in [-0.05, 0) is 0 Å². The second-order valence-electron chi connectivity index (χ2n) is 1.31. The Labute approximate surface area is 42.1 Å². The minimum absolute atomic E-state index is 0.139. The van der Waals surface area contributed by atoms with Crippen LogP contribution in [0.4, 0.5) is 0 Å². The van der Waals surface area contributed by atoms with Gasteiger partial charge >= 0.3 is 0 Å². The van der Waals surface area contributed by atoms with E-state index in [9.17, 15) is 4.79 Å².